The minimum Gasteiger partial charge on any atom is -0.493 e. The van der Waals surface area contributed by atoms with E-state index in [1.165, 1.54) is 0 Å². The Kier molecular flexibility index (Phi) is 4.61. The van der Waals surface area contributed by atoms with Crippen molar-refractivity contribution in [3.8, 4) is 17.6 Å². The Morgan fingerprint density at radius 3 is 2.83 bits per heavy atom. The number of amides is 1. The van der Waals surface area contributed by atoms with E-state index in [1.54, 1.807) is 13.2 Å². The van der Waals surface area contributed by atoms with Gasteiger partial charge in [-0.25, -0.2) is 0 Å². The fraction of sp³-hybridized carbons (Fsp3) is 0.444. The number of ether oxygens (including phenoxy) is 2. The number of likely N-dealkylation sites (tertiary alicyclic amines) is 1. The van der Waals surface area contributed by atoms with Crippen LogP contribution in [0.25, 0.3) is 0 Å². The zero-order chi connectivity index (χ0) is 17.1. The molecule has 126 valence electrons. The van der Waals surface area contributed by atoms with E-state index in [2.05, 4.69) is 6.07 Å². The van der Waals surface area contributed by atoms with Gasteiger partial charge in [0.15, 0.2) is 11.5 Å². The van der Waals surface area contributed by atoms with Crippen LogP contribution in [-0.4, -0.2) is 31.0 Å². The molecule has 0 aliphatic carbocycles. The Morgan fingerprint density at radius 2 is 2.17 bits per heavy atom. The SMILES string of the molecule is COc1cccc2c1OC(N)=C(C#N)C2CC(=O)N1CCCCC1. The van der Waals surface area contributed by atoms with Crippen LogP contribution >= 0.6 is 0 Å². The largest absolute Gasteiger partial charge is 0.493 e. The Labute approximate surface area is 141 Å². The van der Waals surface area contributed by atoms with Gasteiger partial charge < -0.3 is 20.1 Å². The molecule has 0 bridgehead atoms. The van der Waals surface area contributed by atoms with Crippen LogP contribution in [0.15, 0.2) is 29.7 Å². The number of carbonyl (C=O) groups excluding carboxylic acids is 1. The van der Waals surface area contributed by atoms with Gasteiger partial charge in [-0.1, -0.05) is 12.1 Å². The lowest BCUT2D eigenvalue weighted by atomic mass is 9.86. The number of rotatable bonds is 3. The number of piperidine rings is 1. The number of benzene rings is 1. The van der Waals surface area contributed by atoms with Gasteiger partial charge in [0, 0.05) is 31.0 Å². The van der Waals surface area contributed by atoms with Gasteiger partial charge >= 0.3 is 0 Å². The fourth-order valence-electron chi connectivity index (χ4n) is 3.36. The number of methoxy groups -OCH3 is 1. The maximum Gasteiger partial charge on any atom is 0.223 e. The second-order valence-corrected chi connectivity index (χ2v) is 6.07. The van der Waals surface area contributed by atoms with Crippen molar-refractivity contribution < 1.29 is 14.3 Å². The number of carbonyl (C=O) groups is 1. The highest BCUT2D eigenvalue weighted by Crippen LogP contribution is 2.44. The van der Waals surface area contributed by atoms with Crippen molar-refractivity contribution in [3.63, 3.8) is 0 Å². The van der Waals surface area contributed by atoms with Crippen molar-refractivity contribution in [2.75, 3.05) is 20.2 Å². The first kappa shape index (κ1) is 16.2. The lowest BCUT2D eigenvalue weighted by Crippen LogP contribution is -2.37. The molecule has 0 saturated carbocycles. The van der Waals surface area contributed by atoms with Gasteiger partial charge in [0.2, 0.25) is 11.8 Å². The monoisotopic (exact) mass is 327 g/mol. The molecule has 6 nitrogen and oxygen atoms in total. The van der Waals surface area contributed by atoms with Gasteiger partial charge in [0.1, 0.15) is 6.07 Å². The molecule has 2 aliphatic heterocycles. The van der Waals surface area contributed by atoms with Crippen molar-refractivity contribution in [1.82, 2.24) is 4.90 Å². The van der Waals surface area contributed by atoms with Crippen LogP contribution in [0.5, 0.6) is 11.5 Å². The number of hydrogen-bond donors (Lipinski definition) is 1. The predicted molar refractivity (Wildman–Crippen MR) is 88.2 cm³/mol. The highest BCUT2D eigenvalue weighted by Gasteiger charge is 2.33. The van der Waals surface area contributed by atoms with E-state index in [0.717, 1.165) is 37.9 Å². The van der Waals surface area contributed by atoms with E-state index in [0.29, 0.717) is 17.1 Å². The first-order valence-electron chi connectivity index (χ1n) is 8.18. The molecule has 1 saturated heterocycles. The highest BCUT2D eigenvalue weighted by molar-refractivity contribution is 5.78. The number of hydrogen-bond acceptors (Lipinski definition) is 5. The lowest BCUT2D eigenvalue weighted by Gasteiger charge is -2.31. The third-order valence-corrected chi connectivity index (χ3v) is 4.64. The summed E-state index contributed by atoms with van der Waals surface area (Å²) in [5.74, 6) is 0.737. The highest BCUT2D eigenvalue weighted by atomic mass is 16.5. The van der Waals surface area contributed by atoms with Gasteiger partial charge in [-0.3, -0.25) is 4.79 Å². The normalized spacial score (nSPS) is 20.0. The molecule has 1 aromatic rings. The maximum atomic E-state index is 12.7. The van der Waals surface area contributed by atoms with Crippen LogP contribution in [-0.2, 0) is 4.79 Å². The molecule has 3 rings (SSSR count). The molecule has 6 heteroatoms. The molecule has 1 aromatic carbocycles. The summed E-state index contributed by atoms with van der Waals surface area (Å²) in [6.45, 7) is 1.57. The van der Waals surface area contributed by atoms with Gasteiger partial charge in [0.05, 0.1) is 12.7 Å². The van der Waals surface area contributed by atoms with E-state index in [1.807, 2.05) is 17.0 Å². The smallest absolute Gasteiger partial charge is 0.223 e. The second kappa shape index (κ2) is 6.83. The van der Waals surface area contributed by atoms with Gasteiger partial charge in [-0.2, -0.15) is 5.26 Å². The van der Waals surface area contributed by atoms with E-state index in [-0.39, 0.29) is 18.2 Å². The minimum atomic E-state index is -0.400. The van der Waals surface area contributed by atoms with E-state index in [4.69, 9.17) is 15.2 Å². The number of nitrogens with zero attached hydrogens (tertiary/aromatic N) is 2. The third-order valence-electron chi connectivity index (χ3n) is 4.64. The van der Waals surface area contributed by atoms with Crippen LogP contribution in [0.3, 0.4) is 0 Å². The Bertz CT molecular complexity index is 715. The molecule has 1 amide bonds. The molecular formula is C18H21N3O3. The maximum absolute atomic E-state index is 12.7. The summed E-state index contributed by atoms with van der Waals surface area (Å²) in [5.41, 5.74) is 7.00. The second-order valence-electron chi connectivity index (χ2n) is 6.07. The lowest BCUT2D eigenvalue weighted by molar-refractivity contribution is -0.132. The minimum absolute atomic E-state index is 0.0472. The molecule has 1 unspecified atom stereocenters. The molecule has 0 spiro atoms. The number of para-hydroxylation sites is 1. The number of fused-ring (bicyclic) bond motifs is 1. The molecule has 2 aliphatic rings. The van der Waals surface area contributed by atoms with Crippen molar-refractivity contribution >= 4 is 5.91 Å². The van der Waals surface area contributed by atoms with Crippen LogP contribution in [0.2, 0.25) is 0 Å². The molecule has 2 heterocycles. The molecule has 24 heavy (non-hydrogen) atoms. The molecule has 0 aromatic heterocycles. The first-order valence-corrected chi connectivity index (χ1v) is 8.18. The fourth-order valence-corrected chi connectivity index (χ4v) is 3.36. The number of nitriles is 1. The van der Waals surface area contributed by atoms with Crippen molar-refractivity contribution in [2.24, 2.45) is 5.73 Å². The van der Waals surface area contributed by atoms with Crippen LogP contribution in [0.4, 0.5) is 0 Å². The van der Waals surface area contributed by atoms with Crippen LogP contribution < -0.4 is 15.2 Å². The molecule has 0 radical (unpaired) electrons. The van der Waals surface area contributed by atoms with Gasteiger partial charge in [0.25, 0.3) is 0 Å². The van der Waals surface area contributed by atoms with Gasteiger partial charge in [-0.15, -0.1) is 0 Å². The first-order chi connectivity index (χ1) is 11.7. The topological polar surface area (TPSA) is 88.6 Å². The zero-order valence-electron chi connectivity index (χ0n) is 13.7. The van der Waals surface area contributed by atoms with Crippen molar-refractivity contribution in [1.29, 1.82) is 5.26 Å². The number of nitrogens with two attached hydrogens (primary N) is 1. The molecular weight excluding hydrogens is 306 g/mol. The Hall–Kier alpha value is -2.68. The average Bonchev–Trinajstić information content (AvgIpc) is 2.62. The Balaban J connectivity index is 1.93. The summed E-state index contributed by atoms with van der Waals surface area (Å²) in [6, 6.07) is 7.57. The van der Waals surface area contributed by atoms with E-state index in [9.17, 15) is 10.1 Å². The average molecular weight is 327 g/mol. The summed E-state index contributed by atoms with van der Waals surface area (Å²) < 4.78 is 10.9. The van der Waals surface area contributed by atoms with Crippen LogP contribution in [0.1, 0.15) is 37.2 Å². The van der Waals surface area contributed by atoms with Gasteiger partial charge in [-0.05, 0) is 25.3 Å². The summed E-state index contributed by atoms with van der Waals surface area (Å²) in [7, 11) is 1.55. The zero-order valence-corrected chi connectivity index (χ0v) is 13.7. The van der Waals surface area contributed by atoms with E-state index < -0.39 is 5.92 Å². The summed E-state index contributed by atoms with van der Waals surface area (Å²) >= 11 is 0. The quantitative estimate of drug-likeness (QED) is 0.920. The van der Waals surface area contributed by atoms with Crippen LogP contribution in [0, 0.1) is 11.3 Å². The van der Waals surface area contributed by atoms with Crippen molar-refractivity contribution in [2.45, 2.75) is 31.6 Å². The third kappa shape index (κ3) is 2.90. The molecule has 1 fully saturated rings. The summed E-state index contributed by atoms with van der Waals surface area (Å²) in [5, 5.41) is 9.48. The van der Waals surface area contributed by atoms with E-state index >= 15 is 0 Å². The Morgan fingerprint density at radius 1 is 1.42 bits per heavy atom. The summed E-state index contributed by atoms with van der Waals surface area (Å²) in [6.07, 6.45) is 3.45. The summed E-state index contributed by atoms with van der Waals surface area (Å²) in [4.78, 5) is 14.6. The number of allylic oxidation sites excluding steroid dienone is 1. The van der Waals surface area contributed by atoms with Crippen molar-refractivity contribution in [3.05, 3.63) is 35.2 Å². The predicted octanol–water partition coefficient (Wildman–Crippen LogP) is 2.27. The molecule has 1 atom stereocenters. The molecule has 2 N–H and O–H groups in total. The standard InChI is InChI=1S/C18H21N3O3/c1-23-15-7-5-6-12-13(14(11-19)18(20)24-17(12)15)10-16(22)21-8-3-2-4-9-21/h5-7,13H,2-4,8-10,20H2,1H3.